The molecule has 2 N–H and O–H groups in total. The van der Waals surface area contributed by atoms with Crippen LogP contribution in [-0.4, -0.2) is 37.5 Å². The number of rotatable bonds is 5. The van der Waals surface area contributed by atoms with Crippen molar-refractivity contribution < 1.29 is 9.84 Å². The number of nitrogens with zero attached hydrogens (tertiary/aromatic N) is 1. The second-order valence-corrected chi connectivity index (χ2v) is 7.01. The van der Waals surface area contributed by atoms with Gasteiger partial charge >= 0.3 is 0 Å². The monoisotopic (exact) mass is 380 g/mol. The molecule has 2 aromatic carbocycles. The summed E-state index contributed by atoms with van der Waals surface area (Å²) in [6, 6.07) is 14.1. The molecule has 0 aliphatic carbocycles. The molecule has 4 nitrogen and oxygen atoms in total. The maximum Gasteiger partial charge on any atom is 0.121 e. The van der Waals surface area contributed by atoms with Gasteiger partial charge in [-0.25, -0.2) is 0 Å². The average molecular weight is 381 g/mol. The average Bonchev–Trinajstić information content (AvgIpc) is 2.61. The van der Waals surface area contributed by atoms with Crippen LogP contribution in [0.1, 0.15) is 18.5 Å². The van der Waals surface area contributed by atoms with Crippen molar-refractivity contribution in [2.45, 2.75) is 19.0 Å². The van der Waals surface area contributed by atoms with E-state index in [0.29, 0.717) is 10.8 Å². The number of piperazine rings is 1. The quantitative estimate of drug-likeness (QED) is 0.825. The van der Waals surface area contributed by atoms with Crippen molar-refractivity contribution in [2.75, 3.05) is 31.2 Å². The van der Waals surface area contributed by atoms with E-state index in [1.165, 1.54) is 5.56 Å². The van der Waals surface area contributed by atoms with Crippen molar-refractivity contribution >= 4 is 28.9 Å². The third-order valence-electron chi connectivity index (χ3n) is 4.40. The van der Waals surface area contributed by atoms with Gasteiger partial charge in [0.05, 0.1) is 23.4 Å². The zero-order valence-corrected chi connectivity index (χ0v) is 15.6. The zero-order valence-electron chi connectivity index (χ0n) is 14.1. The summed E-state index contributed by atoms with van der Waals surface area (Å²) < 4.78 is 5.45. The maximum absolute atomic E-state index is 8.89. The molecule has 1 fully saturated rings. The lowest BCUT2D eigenvalue weighted by Crippen LogP contribution is -2.52. The Labute approximate surface area is 158 Å². The summed E-state index contributed by atoms with van der Waals surface area (Å²) in [5.74, 6) is 0.661. The van der Waals surface area contributed by atoms with Gasteiger partial charge in [0.15, 0.2) is 0 Å². The molecule has 0 spiro atoms. The van der Waals surface area contributed by atoms with Crippen molar-refractivity contribution in [1.29, 1.82) is 0 Å². The first kappa shape index (κ1) is 18.3. The SMILES string of the molecule is CC1CNCC(c2ccc(Cl)cc2)N1c1ccc(OCCO)cc1Cl. The highest BCUT2D eigenvalue weighted by atomic mass is 35.5. The van der Waals surface area contributed by atoms with Crippen LogP contribution in [0.4, 0.5) is 5.69 Å². The Balaban J connectivity index is 1.92. The minimum atomic E-state index is -0.0210. The lowest BCUT2D eigenvalue weighted by Gasteiger charge is -2.43. The summed E-state index contributed by atoms with van der Waals surface area (Å²) in [5.41, 5.74) is 2.17. The molecule has 0 radical (unpaired) electrons. The molecule has 0 aromatic heterocycles. The normalized spacial score (nSPS) is 20.6. The number of nitrogens with one attached hydrogen (secondary N) is 1. The van der Waals surface area contributed by atoms with Crippen LogP contribution in [0.5, 0.6) is 5.75 Å². The van der Waals surface area contributed by atoms with Crippen molar-refractivity contribution in [3.05, 3.63) is 58.1 Å². The molecule has 1 saturated heterocycles. The molecule has 1 aliphatic rings. The second-order valence-electron chi connectivity index (χ2n) is 6.17. The summed E-state index contributed by atoms with van der Waals surface area (Å²) in [4.78, 5) is 2.35. The standard InChI is InChI=1S/C19H22Cl2N2O2/c1-13-11-22-12-19(14-2-4-15(20)5-3-14)23(13)18-7-6-16(10-17(18)21)25-9-8-24/h2-7,10,13,19,22,24H,8-9,11-12H2,1H3. The number of hydrogen-bond acceptors (Lipinski definition) is 4. The highest BCUT2D eigenvalue weighted by Crippen LogP contribution is 2.37. The fourth-order valence-corrected chi connectivity index (χ4v) is 3.65. The van der Waals surface area contributed by atoms with Gasteiger partial charge < -0.3 is 20.1 Å². The summed E-state index contributed by atoms with van der Waals surface area (Å²) in [6.07, 6.45) is 0. The van der Waals surface area contributed by atoms with Gasteiger partial charge in [-0.3, -0.25) is 0 Å². The van der Waals surface area contributed by atoms with Crippen LogP contribution in [0.2, 0.25) is 10.0 Å². The van der Waals surface area contributed by atoms with Crippen LogP contribution in [0.3, 0.4) is 0 Å². The van der Waals surface area contributed by atoms with E-state index in [-0.39, 0.29) is 25.3 Å². The highest BCUT2D eigenvalue weighted by molar-refractivity contribution is 6.33. The van der Waals surface area contributed by atoms with Gasteiger partial charge in [-0.1, -0.05) is 35.3 Å². The van der Waals surface area contributed by atoms with Gasteiger partial charge in [-0.2, -0.15) is 0 Å². The highest BCUT2D eigenvalue weighted by Gasteiger charge is 2.30. The van der Waals surface area contributed by atoms with Crippen LogP contribution >= 0.6 is 23.2 Å². The Hall–Kier alpha value is -1.46. The molecule has 1 aliphatic heterocycles. The topological polar surface area (TPSA) is 44.7 Å². The van der Waals surface area contributed by atoms with E-state index in [0.717, 1.165) is 23.8 Å². The minimum absolute atomic E-state index is 0.0210. The molecule has 6 heteroatoms. The van der Waals surface area contributed by atoms with E-state index in [9.17, 15) is 0 Å². The lowest BCUT2D eigenvalue weighted by molar-refractivity contribution is 0.201. The number of halogens is 2. The van der Waals surface area contributed by atoms with Crippen molar-refractivity contribution in [3.8, 4) is 5.75 Å². The van der Waals surface area contributed by atoms with Gasteiger partial charge in [0.25, 0.3) is 0 Å². The number of aliphatic hydroxyl groups is 1. The minimum Gasteiger partial charge on any atom is -0.491 e. The van der Waals surface area contributed by atoms with E-state index in [1.54, 1.807) is 6.07 Å². The molecule has 2 aromatic rings. The molecular formula is C19H22Cl2N2O2. The van der Waals surface area contributed by atoms with E-state index in [4.69, 9.17) is 33.0 Å². The van der Waals surface area contributed by atoms with Gasteiger partial charge in [0, 0.05) is 30.2 Å². The first-order chi connectivity index (χ1) is 12.1. The number of anilines is 1. The largest absolute Gasteiger partial charge is 0.491 e. The Morgan fingerprint density at radius 2 is 1.92 bits per heavy atom. The van der Waals surface area contributed by atoms with Crippen molar-refractivity contribution in [2.24, 2.45) is 0 Å². The van der Waals surface area contributed by atoms with Crippen LogP contribution in [0.25, 0.3) is 0 Å². The molecular weight excluding hydrogens is 359 g/mol. The Bertz CT molecular complexity index is 709. The predicted molar refractivity (Wildman–Crippen MR) is 103 cm³/mol. The van der Waals surface area contributed by atoms with Crippen LogP contribution < -0.4 is 15.0 Å². The molecule has 0 bridgehead atoms. The lowest BCUT2D eigenvalue weighted by atomic mass is 9.99. The molecule has 134 valence electrons. The van der Waals surface area contributed by atoms with Crippen molar-refractivity contribution in [3.63, 3.8) is 0 Å². The summed E-state index contributed by atoms with van der Waals surface area (Å²) in [6.45, 7) is 4.15. The number of ether oxygens (including phenoxy) is 1. The van der Waals surface area contributed by atoms with Crippen molar-refractivity contribution in [1.82, 2.24) is 5.32 Å². The third-order valence-corrected chi connectivity index (χ3v) is 4.95. The smallest absolute Gasteiger partial charge is 0.121 e. The Kier molecular flexibility index (Phi) is 6.07. The van der Waals surface area contributed by atoms with E-state index < -0.39 is 0 Å². The molecule has 3 rings (SSSR count). The number of aliphatic hydroxyl groups excluding tert-OH is 1. The number of hydrogen-bond donors (Lipinski definition) is 2. The van der Waals surface area contributed by atoms with E-state index >= 15 is 0 Å². The summed E-state index contributed by atoms with van der Waals surface area (Å²) >= 11 is 12.6. The first-order valence-corrected chi connectivity index (χ1v) is 9.13. The van der Waals surface area contributed by atoms with Gasteiger partial charge in [0.1, 0.15) is 12.4 Å². The van der Waals surface area contributed by atoms with Gasteiger partial charge in [-0.15, -0.1) is 0 Å². The van der Waals surface area contributed by atoms with Crippen LogP contribution in [0, 0.1) is 0 Å². The van der Waals surface area contributed by atoms with Gasteiger partial charge in [-0.05, 0) is 36.8 Å². The predicted octanol–water partition coefficient (Wildman–Crippen LogP) is 3.90. The van der Waals surface area contributed by atoms with Crippen LogP contribution in [-0.2, 0) is 0 Å². The Morgan fingerprint density at radius 1 is 1.16 bits per heavy atom. The first-order valence-electron chi connectivity index (χ1n) is 8.38. The summed E-state index contributed by atoms with van der Waals surface area (Å²) in [7, 11) is 0. The molecule has 25 heavy (non-hydrogen) atoms. The third kappa shape index (κ3) is 4.21. The fourth-order valence-electron chi connectivity index (χ4n) is 3.25. The number of benzene rings is 2. The summed E-state index contributed by atoms with van der Waals surface area (Å²) in [5, 5.41) is 13.7. The van der Waals surface area contributed by atoms with Gasteiger partial charge in [0.2, 0.25) is 0 Å². The zero-order chi connectivity index (χ0) is 17.8. The fraction of sp³-hybridized carbons (Fsp3) is 0.368. The molecule has 1 heterocycles. The van der Waals surface area contributed by atoms with E-state index in [1.807, 2.05) is 24.3 Å². The molecule has 2 unspecified atom stereocenters. The molecule has 0 saturated carbocycles. The molecule has 2 atom stereocenters. The maximum atomic E-state index is 8.89. The molecule has 0 amide bonds. The second kappa shape index (κ2) is 8.28. The van der Waals surface area contributed by atoms with Crippen LogP contribution in [0.15, 0.2) is 42.5 Å². The Morgan fingerprint density at radius 3 is 2.60 bits per heavy atom. The van der Waals surface area contributed by atoms with E-state index in [2.05, 4.69) is 29.3 Å².